The van der Waals surface area contributed by atoms with E-state index in [9.17, 15) is 0 Å². The van der Waals surface area contributed by atoms with Crippen molar-refractivity contribution in [1.82, 2.24) is 15.0 Å². The third kappa shape index (κ3) is 5.10. The molecule has 5 aromatic carbocycles. The second kappa shape index (κ2) is 11.0. The van der Waals surface area contributed by atoms with Crippen molar-refractivity contribution in [3.63, 3.8) is 0 Å². The molecule has 0 aliphatic rings. The zero-order valence-electron chi connectivity index (χ0n) is 24.9. The molecule has 0 fully saturated rings. The van der Waals surface area contributed by atoms with Crippen LogP contribution in [0.5, 0.6) is 0 Å². The van der Waals surface area contributed by atoms with Crippen LogP contribution in [0.25, 0.3) is 67.2 Å². The maximum absolute atomic E-state index is 6.24. The van der Waals surface area contributed by atoms with Gasteiger partial charge in [0.1, 0.15) is 5.52 Å². The van der Waals surface area contributed by atoms with Crippen LogP contribution in [0.15, 0.2) is 120 Å². The molecule has 0 saturated heterocycles. The van der Waals surface area contributed by atoms with Gasteiger partial charge in [-0.05, 0) is 70.5 Å². The molecule has 2 aromatic heterocycles. The number of hydrogen-bond acceptors (Lipinski definition) is 4. The Morgan fingerprint density at radius 2 is 0.907 bits per heavy atom. The number of aromatic nitrogens is 3. The topological polar surface area (TPSA) is 51.8 Å². The van der Waals surface area contributed by atoms with Crippen molar-refractivity contribution in [2.45, 2.75) is 39.5 Å². The number of nitrogens with zero attached hydrogens (tertiary/aromatic N) is 3. The van der Waals surface area contributed by atoms with E-state index in [4.69, 9.17) is 19.4 Å². The smallest absolute Gasteiger partial charge is 0.227 e. The van der Waals surface area contributed by atoms with Gasteiger partial charge in [-0.1, -0.05) is 107 Å². The molecule has 210 valence electrons. The van der Waals surface area contributed by atoms with Crippen molar-refractivity contribution in [3.8, 4) is 45.1 Å². The van der Waals surface area contributed by atoms with Gasteiger partial charge in [0, 0.05) is 16.7 Å². The molecule has 4 heteroatoms. The van der Waals surface area contributed by atoms with Crippen molar-refractivity contribution in [1.29, 1.82) is 0 Å². The highest BCUT2D eigenvalue weighted by Crippen LogP contribution is 2.35. The summed E-state index contributed by atoms with van der Waals surface area (Å²) in [5.41, 5.74) is 13.3. The highest BCUT2D eigenvalue weighted by atomic mass is 16.3. The lowest BCUT2D eigenvalue weighted by molar-refractivity contribution is 0.618. The van der Waals surface area contributed by atoms with E-state index >= 15 is 0 Å². The fourth-order valence-corrected chi connectivity index (χ4v) is 5.75. The summed E-state index contributed by atoms with van der Waals surface area (Å²) < 4.78 is 6.24. The lowest BCUT2D eigenvalue weighted by Gasteiger charge is -2.15. The third-order valence-electron chi connectivity index (χ3n) is 8.08. The molecule has 0 amide bonds. The van der Waals surface area contributed by atoms with Crippen LogP contribution >= 0.6 is 0 Å². The Kier molecular flexibility index (Phi) is 6.83. The van der Waals surface area contributed by atoms with Crippen LogP contribution in [-0.4, -0.2) is 15.0 Å². The molecule has 2 heterocycles. The molecule has 0 bridgehead atoms. The lowest BCUT2D eigenvalue weighted by atomic mass is 9.90. The van der Waals surface area contributed by atoms with Crippen molar-refractivity contribution in [2.75, 3.05) is 0 Å². The Morgan fingerprint density at radius 1 is 0.442 bits per heavy atom. The monoisotopic (exact) mass is 559 g/mol. The quantitative estimate of drug-likeness (QED) is 0.203. The minimum atomic E-state index is 0.430. The third-order valence-corrected chi connectivity index (χ3v) is 8.08. The second-order valence-corrected chi connectivity index (χ2v) is 11.7. The van der Waals surface area contributed by atoms with Crippen LogP contribution in [0.4, 0.5) is 0 Å². The van der Waals surface area contributed by atoms with E-state index < -0.39 is 0 Å². The summed E-state index contributed by atoms with van der Waals surface area (Å²) in [7, 11) is 0. The van der Waals surface area contributed by atoms with Crippen molar-refractivity contribution in [3.05, 3.63) is 126 Å². The van der Waals surface area contributed by atoms with Gasteiger partial charge in [-0.2, -0.15) is 0 Å². The first-order valence-corrected chi connectivity index (χ1v) is 14.9. The molecule has 7 rings (SSSR count). The zero-order valence-corrected chi connectivity index (χ0v) is 24.9. The van der Waals surface area contributed by atoms with Crippen LogP contribution in [0, 0.1) is 0 Å². The van der Waals surface area contributed by atoms with Crippen LogP contribution in [-0.2, 0) is 0 Å². The van der Waals surface area contributed by atoms with Gasteiger partial charge in [-0.25, -0.2) is 15.0 Å². The van der Waals surface area contributed by atoms with E-state index in [0.717, 1.165) is 61.3 Å². The van der Waals surface area contributed by atoms with Crippen LogP contribution in [0.2, 0.25) is 0 Å². The minimum Gasteiger partial charge on any atom is -0.436 e. The first-order chi connectivity index (χ1) is 20.9. The van der Waals surface area contributed by atoms with Crippen LogP contribution in [0.3, 0.4) is 0 Å². The largest absolute Gasteiger partial charge is 0.436 e. The molecular weight excluding hydrogens is 526 g/mol. The van der Waals surface area contributed by atoms with Gasteiger partial charge in [0.2, 0.25) is 5.89 Å². The molecule has 0 radical (unpaired) electrons. The molecule has 0 atom stereocenters. The Labute approximate surface area is 252 Å². The molecule has 0 N–H and O–H groups in total. The maximum atomic E-state index is 6.24. The van der Waals surface area contributed by atoms with E-state index in [0.29, 0.717) is 17.7 Å². The van der Waals surface area contributed by atoms with E-state index in [-0.39, 0.29) is 0 Å². The Hall–Kier alpha value is -5.09. The average Bonchev–Trinajstić information content (AvgIpc) is 3.47. The number of benzene rings is 5. The van der Waals surface area contributed by atoms with Gasteiger partial charge >= 0.3 is 0 Å². The molecular formula is C39H33N3O. The van der Waals surface area contributed by atoms with Crippen LogP contribution < -0.4 is 0 Å². The number of fused-ring (bicyclic) bond motifs is 2. The van der Waals surface area contributed by atoms with Crippen molar-refractivity contribution >= 4 is 22.1 Å². The van der Waals surface area contributed by atoms with Crippen LogP contribution in [0.1, 0.15) is 50.7 Å². The lowest BCUT2D eigenvalue weighted by Crippen LogP contribution is -1.98. The SMILES string of the molecule is CC(C)c1cc2nc(-c3ccc(-c4ccc(-c5nc6ccccc6nc5-c5ccccc5)cc4)cc3)oc2cc1C(C)C. The molecule has 0 spiro atoms. The number of oxazole rings is 1. The summed E-state index contributed by atoms with van der Waals surface area (Å²) in [6, 6.07) is 39.7. The van der Waals surface area contributed by atoms with Gasteiger partial charge in [0.25, 0.3) is 0 Å². The molecule has 7 aromatic rings. The highest BCUT2D eigenvalue weighted by Gasteiger charge is 2.17. The summed E-state index contributed by atoms with van der Waals surface area (Å²) >= 11 is 0. The molecule has 0 saturated carbocycles. The summed E-state index contributed by atoms with van der Waals surface area (Å²) in [5, 5.41) is 0. The number of para-hydroxylation sites is 2. The normalized spacial score (nSPS) is 11.7. The Balaban J connectivity index is 1.20. The predicted molar refractivity (Wildman–Crippen MR) is 177 cm³/mol. The van der Waals surface area contributed by atoms with E-state index in [1.165, 1.54) is 11.1 Å². The summed E-state index contributed by atoms with van der Waals surface area (Å²) in [6.45, 7) is 8.92. The van der Waals surface area contributed by atoms with E-state index in [1.54, 1.807) is 0 Å². The van der Waals surface area contributed by atoms with Gasteiger partial charge in [-0.15, -0.1) is 0 Å². The van der Waals surface area contributed by atoms with Crippen molar-refractivity contribution in [2.24, 2.45) is 0 Å². The average molecular weight is 560 g/mol. The minimum absolute atomic E-state index is 0.430. The summed E-state index contributed by atoms with van der Waals surface area (Å²) in [6.07, 6.45) is 0. The Morgan fingerprint density at radius 3 is 1.47 bits per heavy atom. The molecule has 0 unspecified atom stereocenters. The fourth-order valence-electron chi connectivity index (χ4n) is 5.75. The maximum Gasteiger partial charge on any atom is 0.227 e. The van der Waals surface area contributed by atoms with Gasteiger partial charge in [-0.3, -0.25) is 0 Å². The standard InChI is InChI=1S/C39H33N3O/c1-24(2)31-22-35-36(23-32(31)25(3)4)43-39(42-35)30-20-16-27(17-21-30)26-14-18-29(19-15-26)38-37(28-10-6-5-7-11-28)40-33-12-8-9-13-34(33)41-38/h5-25H,1-4H3. The molecule has 0 aliphatic heterocycles. The summed E-state index contributed by atoms with van der Waals surface area (Å²) in [5.74, 6) is 1.51. The Bertz CT molecular complexity index is 2010. The molecule has 43 heavy (non-hydrogen) atoms. The van der Waals surface area contributed by atoms with Gasteiger partial charge in [0.05, 0.1) is 22.4 Å². The zero-order chi connectivity index (χ0) is 29.5. The van der Waals surface area contributed by atoms with E-state index in [2.05, 4.69) is 100 Å². The second-order valence-electron chi connectivity index (χ2n) is 11.7. The molecule has 0 aliphatic carbocycles. The molecule has 4 nitrogen and oxygen atoms in total. The van der Waals surface area contributed by atoms with E-state index in [1.807, 2.05) is 42.5 Å². The summed E-state index contributed by atoms with van der Waals surface area (Å²) in [4.78, 5) is 14.9. The van der Waals surface area contributed by atoms with Crippen molar-refractivity contribution < 1.29 is 4.42 Å². The predicted octanol–water partition coefficient (Wildman–Crippen LogP) is 10.7. The first kappa shape index (κ1) is 26.8. The van der Waals surface area contributed by atoms with Gasteiger partial charge in [0.15, 0.2) is 5.58 Å². The number of rotatable bonds is 6. The first-order valence-electron chi connectivity index (χ1n) is 14.9. The highest BCUT2D eigenvalue weighted by molar-refractivity contribution is 5.87. The fraction of sp³-hybridized carbons (Fsp3) is 0.154. The van der Waals surface area contributed by atoms with Gasteiger partial charge < -0.3 is 4.42 Å². The number of hydrogen-bond donors (Lipinski definition) is 0.